The molecule has 1 aliphatic rings. The van der Waals surface area contributed by atoms with E-state index in [1.54, 1.807) is 11.3 Å². The van der Waals surface area contributed by atoms with Gasteiger partial charge in [-0.3, -0.25) is 4.79 Å². The van der Waals surface area contributed by atoms with Crippen LogP contribution in [0.2, 0.25) is 0 Å². The SMILES string of the molecule is CNCCNC(=O)c1cc2c(s1)CCCC2.Cl. The molecule has 3 nitrogen and oxygen atoms in total. The molecule has 0 aromatic carbocycles. The average Bonchev–Trinajstić information content (AvgIpc) is 2.73. The standard InChI is InChI=1S/C12H18N2OS.ClH/c1-13-6-7-14-12(15)11-8-9-4-2-3-5-10(9)16-11;/h8,13H,2-7H2,1H3,(H,14,15);1H. The first-order valence-corrected chi connectivity index (χ1v) is 6.67. The van der Waals surface area contributed by atoms with Gasteiger partial charge in [-0.15, -0.1) is 23.7 Å². The number of rotatable bonds is 4. The molecule has 96 valence electrons. The molecule has 1 aromatic heterocycles. The van der Waals surface area contributed by atoms with Crippen LogP contribution >= 0.6 is 23.7 Å². The summed E-state index contributed by atoms with van der Waals surface area (Å²) in [6, 6.07) is 2.08. The normalized spacial score (nSPS) is 13.7. The van der Waals surface area contributed by atoms with Crippen molar-refractivity contribution in [2.45, 2.75) is 25.7 Å². The Labute approximate surface area is 112 Å². The molecular weight excluding hydrogens is 256 g/mol. The van der Waals surface area contributed by atoms with E-state index in [2.05, 4.69) is 16.7 Å². The lowest BCUT2D eigenvalue weighted by Gasteiger charge is -2.08. The van der Waals surface area contributed by atoms with Crippen molar-refractivity contribution in [3.05, 3.63) is 21.4 Å². The molecule has 17 heavy (non-hydrogen) atoms. The highest BCUT2D eigenvalue weighted by atomic mass is 35.5. The Kier molecular flexibility index (Phi) is 5.95. The average molecular weight is 275 g/mol. The minimum absolute atomic E-state index is 0. The summed E-state index contributed by atoms with van der Waals surface area (Å²) in [6.07, 6.45) is 4.85. The van der Waals surface area contributed by atoms with Gasteiger partial charge in [-0.2, -0.15) is 0 Å². The molecule has 0 atom stereocenters. The summed E-state index contributed by atoms with van der Waals surface area (Å²) in [5, 5.41) is 5.93. The number of thiophene rings is 1. The molecule has 0 fully saturated rings. The fraction of sp³-hybridized carbons (Fsp3) is 0.583. The molecule has 1 aromatic rings. The third-order valence-electron chi connectivity index (χ3n) is 2.88. The van der Waals surface area contributed by atoms with E-state index < -0.39 is 0 Å². The van der Waals surface area contributed by atoms with Gasteiger partial charge in [0.15, 0.2) is 0 Å². The monoisotopic (exact) mass is 274 g/mol. The third-order valence-corrected chi connectivity index (χ3v) is 4.12. The first-order valence-electron chi connectivity index (χ1n) is 5.85. The minimum Gasteiger partial charge on any atom is -0.350 e. The fourth-order valence-corrected chi connectivity index (χ4v) is 3.16. The Morgan fingerprint density at radius 2 is 2.12 bits per heavy atom. The number of carbonyl (C=O) groups is 1. The maximum Gasteiger partial charge on any atom is 0.261 e. The maximum atomic E-state index is 11.8. The number of halogens is 1. The highest BCUT2D eigenvalue weighted by Crippen LogP contribution is 2.29. The van der Waals surface area contributed by atoms with Crippen LogP contribution in [0, 0.1) is 0 Å². The number of carbonyl (C=O) groups excluding carboxylic acids is 1. The molecule has 2 N–H and O–H groups in total. The summed E-state index contributed by atoms with van der Waals surface area (Å²) < 4.78 is 0. The van der Waals surface area contributed by atoms with Gasteiger partial charge < -0.3 is 10.6 Å². The molecule has 0 saturated heterocycles. The largest absolute Gasteiger partial charge is 0.350 e. The zero-order valence-electron chi connectivity index (χ0n) is 10.0. The van der Waals surface area contributed by atoms with Crippen LogP contribution in [0.1, 0.15) is 33.0 Å². The summed E-state index contributed by atoms with van der Waals surface area (Å²) in [5.41, 5.74) is 1.40. The van der Waals surface area contributed by atoms with Gasteiger partial charge in [0.2, 0.25) is 0 Å². The predicted molar refractivity (Wildman–Crippen MR) is 74.5 cm³/mol. The summed E-state index contributed by atoms with van der Waals surface area (Å²) in [4.78, 5) is 14.1. The zero-order valence-corrected chi connectivity index (χ0v) is 11.7. The molecule has 0 aliphatic heterocycles. The Hall–Kier alpha value is -0.580. The minimum atomic E-state index is 0. The molecule has 1 aliphatic carbocycles. The number of amides is 1. The van der Waals surface area contributed by atoms with E-state index in [1.165, 1.54) is 23.3 Å². The molecule has 2 rings (SSSR count). The number of aryl methyl sites for hydroxylation is 2. The van der Waals surface area contributed by atoms with E-state index in [9.17, 15) is 4.79 Å². The zero-order chi connectivity index (χ0) is 11.4. The topological polar surface area (TPSA) is 41.1 Å². The van der Waals surface area contributed by atoms with E-state index in [0.29, 0.717) is 6.54 Å². The van der Waals surface area contributed by atoms with Gasteiger partial charge in [-0.1, -0.05) is 0 Å². The summed E-state index contributed by atoms with van der Waals surface area (Å²) in [5.74, 6) is 0.0784. The van der Waals surface area contributed by atoms with Crippen LogP contribution in [-0.2, 0) is 12.8 Å². The Morgan fingerprint density at radius 3 is 2.82 bits per heavy atom. The van der Waals surface area contributed by atoms with Gasteiger partial charge in [0.25, 0.3) is 5.91 Å². The van der Waals surface area contributed by atoms with E-state index in [4.69, 9.17) is 0 Å². The number of hydrogen-bond acceptors (Lipinski definition) is 3. The van der Waals surface area contributed by atoms with Gasteiger partial charge in [0, 0.05) is 18.0 Å². The molecule has 0 radical (unpaired) electrons. The number of nitrogens with one attached hydrogen (secondary N) is 2. The van der Waals surface area contributed by atoms with Crippen molar-refractivity contribution in [1.29, 1.82) is 0 Å². The van der Waals surface area contributed by atoms with Gasteiger partial charge in [-0.25, -0.2) is 0 Å². The molecule has 1 heterocycles. The maximum absolute atomic E-state index is 11.8. The number of fused-ring (bicyclic) bond motifs is 1. The van der Waals surface area contributed by atoms with Crippen LogP contribution in [0.4, 0.5) is 0 Å². The number of hydrogen-bond donors (Lipinski definition) is 2. The van der Waals surface area contributed by atoms with Crippen LogP contribution in [0.25, 0.3) is 0 Å². The van der Waals surface area contributed by atoms with Crippen LogP contribution in [0.5, 0.6) is 0 Å². The smallest absolute Gasteiger partial charge is 0.261 e. The second-order valence-corrected chi connectivity index (χ2v) is 5.26. The van der Waals surface area contributed by atoms with Crippen molar-refractivity contribution >= 4 is 29.7 Å². The van der Waals surface area contributed by atoms with E-state index in [0.717, 1.165) is 24.3 Å². The molecule has 1 amide bonds. The second-order valence-electron chi connectivity index (χ2n) is 4.13. The van der Waals surface area contributed by atoms with Crippen LogP contribution in [0.15, 0.2) is 6.07 Å². The molecule has 0 spiro atoms. The van der Waals surface area contributed by atoms with Crippen molar-refractivity contribution in [2.75, 3.05) is 20.1 Å². The Bertz CT molecular complexity index is 355. The van der Waals surface area contributed by atoms with Crippen molar-refractivity contribution < 1.29 is 4.79 Å². The lowest BCUT2D eigenvalue weighted by molar-refractivity contribution is 0.0958. The van der Waals surface area contributed by atoms with Crippen molar-refractivity contribution in [3.63, 3.8) is 0 Å². The highest BCUT2D eigenvalue weighted by molar-refractivity contribution is 7.14. The van der Waals surface area contributed by atoms with Gasteiger partial charge in [0.05, 0.1) is 4.88 Å². The van der Waals surface area contributed by atoms with Crippen molar-refractivity contribution in [1.82, 2.24) is 10.6 Å². The highest BCUT2D eigenvalue weighted by Gasteiger charge is 2.16. The fourth-order valence-electron chi connectivity index (χ4n) is 1.99. The van der Waals surface area contributed by atoms with Crippen LogP contribution in [-0.4, -0.2) is 26.0 Å². The first kappa shape index (κ1) is 14.5. The molecule has 5 heteroatoms. The molecule has 0 unspecified atom stereocenters. The summed E-state index contributed by atoms with van der Waals surface area (Å²) >= 11 is 1.67. The van der Waals surface area contributed by atoms with E-state index >= 15 is 0 Å². The summed E-state index contributed by atoms with van der Waals surface area (Å²) in [6.45, 7) is 1.51. The van der Waals surface area contributed by atoms with Gasteiger partial charge in [0.1, 0.15) is 0 Å². The quantitative estimate of drug-likeness (QED) is 0.825. The van der Waals surface area contributed by atoms with E-state index in [1.807, 2.05) is 7.05 Å². The van der Waals surface area contributed by atoms with Crippen LogP contribution < -0.4 is 10.6 Å². The van der Waals surface area contributed by atoms with Crippen molar-refractivity contribution in [3.8, 4) is 0 Å². The van der Waals surface area contributed by atoms with Crippen molar-refractivity contribution in [2.24, 2.45) is 0 Å². The Balaban J connectivity index is 0.00000144. The third kappa shape index (κ3) is 3.69. The lowest BCUT2D eigenvalue weighted by atomic mass is 9.99. The van der Waals surface area contributed by atoms with Crippen LogP contribution in [0.3, 0.4) is 0 Å². The predicted octanol–water partition coefficient (Wildman–Crippen LogP) is 2.00. The molecule has 0 bridgehead atoms. The number of likely N-dealkylation sites (N-methyl/N-ethyl adjacent to an activating group) is 1. The lowest BCUT2D eigenvalue weighted by Crippen LogP contribution is -2.29. The summed E-state index contributed by atoms with van der Waals surface area (Å²) in [7, 11) is 1.88. The Morgan fingerprint density at radius 1 is 1.35 bits per heavy atom. The van der Waals surface area contributed by atoms with E-state index in [-0.39, 0.29) is 18.3 Å². The molecule has 0 saturated carbocycles. The van der Waals surface area contributed by atoms with Gasteiger partial charge >= 0.3 is 0 Å². The first-order chi connectivity index (χ1) is 7.81. The second kappa shape index (κ2) is 6.99. The molecular formula is C12H19ClN2OS. The van der Waals surface area contributed by atoms with Gasteiger partial charge in [-0.05, 0) is 44.4 Å².